The molecule has 2 aliphatic heterocycles. The summed E-state index contributed by atoms with van der Waals surface area (Å²) >= 11 is 0. The molecular formula is C21H28N4O5. The lowest BCUT2D eigenvalue weighted by molar-refractivity contribution is -0.135. The number of anilines is 1. The molecule has 3 N–H and O–H groups in total. The highest BCUT2D eigenvalue weighted by atomic mass is 16.6. The lowest BCUT2D eigenvalue weighted by atomic mass is 9.85. The van der Waals surface area contributed by atoms with Crippen molar-refractivity contribution in [2.24, 2.45) is 0 Å². The van der Waals surface area contributed by atoms with E-state index in [1.54, 1.807) is 23.1 Å². The zero-order chi connectivity index (χ0) is 21.1. The highest BCUT2D eigenvalue weighted by molar-refractivity contribution is 5.97. The van der Waals surface area contributed by atoms with Crippen LogP contribution in [0.1, 0.15) is 39.0 Å². The maximum Gasteiger partial charge on any atom is 0.318 e. The zero-order valence-corrected chi connectivity index (χ0v) is 17.1. The first-order valence-corrected chi connectivity index (χ1v) is 10.6. The molecule has 0 aromatic heterocycles. The smallest absolute Gasteiger partial charge is 0.318 e. The van der Waals surface area contributed by atoms with E-state index in [1.807, 2.05) is 6.92 Å². The Bertz CT molecular complexity index is 830. The number of hydrogen-bond acceptors (Lipinski definition) is 5. The SMILES string of the molecule is CCNC(=O)N1[C@H](CC(=O)Nc2ccc3c(c2)OCCO3)C(=O)N[C@@H]2CCCC[C@H]21. The van der Waals surface area contributed by atoms with Gasteiger partial charge in [0.2, 0.25) is 11.8 Å². The Morgan fingerprint density at radius 2 is 1.93 bits per heavy atom. The molecule has 162 valence electrons. The average Bonchev–Trinajstić information content (AvgIpc) is 2.74. The maximum absolute atomic E-state index is 12.8. The van der Waals surface area contributed by atoms with Crippen molar-refractivity contribution >= 4 is 23.5 Å². The minimum absolute atomic E-state index is 0.0500. The predicted octanol–water partition coefficient (Wildman–Crippen LogP) is 1.63. The van der Waals surface area contributed by atoms with Crippen LogP contribution in [-0.4, -0.2) is 60.6 Å². The number of rotatable bonds is 4. The van der Waals surface area contributed by atoms with E-state index in [0.29, 0.717) is 36.9 Å². The second-order valence-electron chi connectivity index (χ2n) is 7.84. The quantitative estimate of drug-likeness (QED) is 0.691. The van der Waals surface area contributed by atoms with Crippen molar-refractivity contribution in [3.8, 4) is 11.5 Å². The van der Waals surface area contributed by atoms with Crippen molar-refractivity contribution in [2.75, 3.05) is 25.1 Å². The van der Waals surface area contributed by atoms with Crippen LogP contribution in [-0.2, 0) is 9.59 Å². The number of hydrogen-bond donors (Lipinski definition) is 3. The van der Waals surface area contributed by atoms with Gasteiger partial charge in [0, 0.05) is 24.3 Å². The molecule has 1 aliphatic carbocycles. The fraction of sp³-hybridized carbons (Fsp3) is 0.571. The molecule has 0 radical (unpaired) electrons. The third-order valence-electron chi connectivity index (χ3n) is 5.82. The van der Waals surface area contributed by atoms with Crippen LogP contribution in [0, 0.1) is 0 Å². The third kappa shape index (κ3) is 4.15. The maximum atomic E-state index is 12.8. The van der Waals surface area contributed by atoms with Gasteiger partial charge < -0.3 is 30.3 Å². The number of fused-ring (bicyclic) bond motifs is 2. The molecule has 1 aromatic carbocycles. The topological polar surface area (TPSA) is 109 Å². The Balaban J connectivity index is 1.48. The van der Waals surface area contributed by atoms with Gasteiger partial charge in [-0.1, -0.05) is 12.8 Å². The molecular weight excluding hydrogens is 388 g/mol. The summed E-state index contributed by atoms with van der Waals surface area (Å²) < 4.78 is 11.0. The second kappa shape index (κ2) is 8.81. The van der Waals surface area contributed by atoms with Crippen molar-refractivity contribution in [1.82, 2.24) is 15.5 Å². The molecule has 1 aromatic rings. The first kappa shape index (κ1) is 20.3. The van der Waals surface area contributed by atoms with E-state index in [9.17, 15) is 14.4 Å². The number of amides is 4. The summed E-state index contributed by atoms with van der Waals surface area (Å²) in [6.45, 7) is 3.25. The number of ether oxygens (including phenoxy) is 2. The van der Waals surface area contributed by atoms with Gasteiger partial charge in [-0.2, -0.15) is 0 Å². The van der Waals surface area contributed by atoms with E-state index in [1.165, 1.54) is 0 Å². The summed E-state index contributed by atoms with van der Waals surface area (Å²) in [7, 11) is 0. The number of nitrogens with one attached hydrogen (secondary N) is 3. The van der Waals surface area contributed by atoms with E-state index in [0.717, 1.165) is 25.7 Å². The van der Waals surface area contributed by atoms with Crippen LogP contribution in [0.25, 0.3) is 0 Å². The van der Waals surface area contributed by atoms with Crippen LogP contribution in [0.4, 0.5) is 10.5 Å². The van der Waals surface area contributed by atoms with Gasteiger partial charge in [-0.05, 0) is 31.9 Å². The van der Waals surface area contributed by atoms with Gasteiger partial charge in [0.05, 0.1) is 12.5 Å². The number of urea groups is 1. The molecule has 1 saturated heterocycles. The number of benzene rings is 1. The summed E-state index contributed by atoms with van der Waals surface area (Å²) in [6.07, 6.45) is 3.59. The standard InChI is InChI=1S/C21H28N4O5/c1-2-22-21(28)25-15-6-4-3-5-14(15)24-20(27)16(25)12-19(26)23-13-7-8-17-18(11-13)30-10-9-29-17/h7-8,11,14-16H,2-6,9-10,12H2,1H3,(H,22,28)(H,23,26)(H,24,27)/t14-,15-,16-/m1/s1. The lowest BCUT2D eigenvalue weighted by Crippen LogP contribution is -2.69. The lowest BCUT2D eigenvalue weighted by Gasteiger charge is -2.47. The molecule has 9 nitrogen and oxygen atoms in total. The van der Waals surface area contributed by atoms with E-state index in [2.05, 4.69) is 16.0 Å². The Labute approximate surface area is 175 Å². The Kier molecular flexibility index (Phi) is 5.96. The van der Waals surface area contributed by atoms with Gasteiger partial charge in [0.15, 0.2) is 11.5 Å². The molecule has 4 rings (SSSR count). The largest absolute Gasteiger partial charge is 0.486 e. The van der Waals surface area contributed by atoms with Crippen molar-refractivity contribution in [2.45, 2.75) is 57.2 Å². The van der Waals surface area contributed by atoms with Crippen LogP contribution < -0.4 is 25.4 Å². The Morgan fingerprint density at radius 3 is 2.73 bits per heavy atom. The van der Waals surface area contributed by atoms with Gasteiger partial charge >= 0.3 is 6.03 Å². The van der Waals surface area contributed by atoms with Crippen molar-refractivity contribution in [3.05, 3.63) is 18.2 Å². The molecule has 0 unspecified atom stereocenters. The summed E-state index contributed by atoms with van der Waals surface area (Å²) in [5, 5.41) is 8.64. The molecule has 2 fully saturated rings. The van der Waals surface area contributed by atoms with Crippen LogP contribution in [0.3, 0.4) is 0 Å². The average molecular weight is 416 g/mol. The molecule has 2 heterocycles. The van der Waals surface area contributed by atoms with Crippen molar-refractivity contribution in [1.29, 1.82) is 0 Å². The Morgan fingerprint density at radius 1 is 1.17 bits per heavy atom. The zero-order valence-electron chi connectivity index (χ0n) is 17.1. The predicted molar refractivity (Wildman–Crippen MR) is 110 cm³/mol. The monoisotopic (exact) mass is 416 g/mol. The van der Waals surface area contributed by atoms with Crippen LogP contribution in [0.2, 0.25) is 0 Å². The van der Waals surface area contributed by atoms with Gasteiger partial charge in [-0.25, -0.2) is 4.79 Å². The van der Waals surface area contributed by atoms with Crippen LogP contribution in [0.15, 0.2) is 18.2 Å². The van der Waals surface area contributed by atoms with E-state index in [4.69, 9.17) is 9.47 Å². The number of carbonyl (C=O) groups is 3. The van der Waals surface area contributed by atoms with Gasteiger partial charge in [-0.15, -0.1) is 0 Å². The van der Waals surface area contributed by atoms with Gasteiger partial charge in [-0.3, -0.25) is 9.59 Å². The highest BCUT2D eigenvalue weighted by Crippen LogP contribution is 2.33. The second-order valence-corrected chi connectivity index (χ2v) is 7.84. The molecule has 30 heavy (non-hydrogen) atoms. The van der Waals surface area contributed by atoms with Crippen molar-refractivity contribution in [3.63, 3.8) is 0 Å². The van der Waals surface area contributed by atoms with Gasteiger partial charge in [0.1, 0.15) is 19.3 Å². The molecule has 9 heteroatoms. The first-order chi connectivity index (χ1) is 14.6. The fourth-order valence-electron chi connectivity index (χ4n) is 4.48. The molecule has 3 aliphatic rings. The molecule has 3 atom stereocenters. The summed E-state index contributed by atoms with van der Waals surface area (Å²) in [4.78, 5) is 39.9. The van der Waals surface area contributed by atoms with Crippen molar-refractivity contribution < 1.29 is 23.9 Å². The third-order valence-corrected chi connectivity index (χ3v) is 5.82. The molecule has 0 spiro atoms. The first-order valence-electron chi connectivity index (χ1n) is 10.6. The fourth-order valence-corrected chi connectivity index (χ4v) is 4.48. The number of carbonyl (C=O) groups excluding carboxylic acids is 3. The summed E-state index contributed by atoms with van der Waals surface area (Å²) in [5.41, 5.74) is 0.556. The Hall–Kier alpha value is -2.97. The van der Waals surface area contributed by atoms with E-state index in [-0.39, 0.29) is 36.3 Å². The van der Waals surface area contributed by atoms with Gasteiger partial charge in [0.25, 0.3) is 0 Å². The molecule has 0 bridgehead atoms. The minimum Gasteiger partial charge on any atom is -0.486 e. The minimum atomic E-state index is -0.840. The summed E-state index contributed by atoms with van der Waals surface area (Å²) in [5.74, 6) is 0.595. The number of nitrogens with zero attached hydrogens (tertiary/aromatic N) is 1. The normalized spacial score (nSPS) is 25.0. The summed E-state index contributed by atoms with van der Waals surface area (Å²) in [6, 6.07) is 3.90. The van der Waals surface area contributed by atoms with E-state index < -0.39 is 6.04 Å². The van der Waals surface area contributed by atoms with Crippen LogP contribution in [0.5, 0.6) is 11.5 Å². The highest BCUT2D eigenvalue weighted by Gasteiger charge is 2.45. The molecule has 4 amide bonds. The molecule has 1 saturated carbocycles. The van der Waals surface area contributed by atoms with Crippen LogP contribution >= 0.6 is 0 Å². The number of piperazine rings is 1. The van der Waals surface area contributed by atoms with E-state index >= 15 is 0 Å².